The predicted molar refractivity (Wildman–Crippen MR) is 121 cm³/mol. The zero-order chi connectivity index (χ0) is 25.5. The zero-order valence-electron chi connectivity index (χ0n) is 17.9. The highest BCUT2D eigenvalue weighted by Gasteiger charge is 2.26. The maximum atomic E-state index is 12.4. The number of esters is 1. The molecule has 0 amide bonds. The van der Waals surface area contributed by atoms with Gasteiger partial charge in [-0.2, -0.15) is 17.9 Å². The number of nitrogens with two attached hydrogens (primary N) is 2. The first-order chi connectivity index (χ1) is 15.9. The molecule has 0 radical (unpaired) electrons. The lowest BCUT2D eigenvalue weighted by Gasteiger charge is -2.13. The van der Waals surface area contributed by atoms with E-state index in [0.717, 1.165) is 0 Å². The summed E-state index contributed by atoms with van der Waals surface area (Å²) in [5, 5.41) is 17.6. The number of hydrogen-bond acceptors (Lipinski definition) is 7. The maximum Gasteiger partial charge on any atom is 0.343 e. The van der Waals surface area contributed by atoms with Crippen molar-refractivity contribution in [3.05, 3.63) is 59.2 Å². The molecule has 0 bridgehead atoms. The van der Waals surface area contributed by atoms with Crippen LogP contribution in [0.1, 0.15) is 27.9 Å². The van der Waals surface area contributed by atoms with Gasteiger partial charge in [0.2, 0.25) is 0 Å². The molecule has 0 heterocycles. The van der Waals surface area contributed by atoms with Crippen LogP contribution in [-0.2, 0) is 26.3 Å². The van der Waals surface area contributed by atoms with Gasteiger partial charge in [0, 0.05) is 6.54 Å². The minimum atomic E-state index is -4.31. The van der Waals surface area contributed by atoms with Crippen LogP contribution in [0.5, 0.6) is 5.75 Å². The summed E-state index contributed by atoms with van der Waals surface area (Å²) in [6.07, 6.45) is -0.924. The van der Waals surface area contributed by atoms with Gasteiger partial charge in [0.15, 0.2) is 5.96 Å². The lowest BCUT2D eigenvalue weighted by Crippen LogP contribution is -2.47. The molecule has 0 aliphatic heterocycles. The Kier molecular flexibility index (Phi) is 8.66. The van der Waals surface area contributed by atoms with Crippen LogP contribution < -0.4 is 25.6 Å². The van der Waals surface area contributed by atoms with Crippen molar-refractivity contribution in [2.24, 2.45) is 16.5 Å². The zero-order valence-corrected chi connectivity index (χ0v) is 18.7. The Hall–Kier alpha value is -4.01. The second-order valence-electron chi connectivity index (χ2n) is 7.00. The Morgan fingerprint density at radius 2 is 1.74 bits per heavy atom. The smallest absolute Gasteiger partial charge is 0.343 e. The molecule has 8 N–H and O–H groups in total. The van der Waals surface area contributed by atoms with Crippen molar-refractivity contribution in [3.63, 3.8) is 0 Å². The highest BCUT2D eigenvalue weighted by atomic mass is 32.2. The summed E-state index contributed by atoms with van der Waals surface area (Å²) < 4.78 is 33.2. The Labute approximate surface area is 194 Å². The van der Waals surface area contributed by atoms with Crippen LogP contribution in [0, 0.1) is 6.92 Å². The van der Waals surface area contributed by atoms with Gasteiger partial charge < -0.3 is 26.4 Å². The molecule has 0 fully saturated rings. The fraction of sp³-hybridized carbons (Fsp3) is 0.200. The van der Waals surface area contributed by atoms with Crippen LogP contribution in [0.4, 0.5) is 5.69 Å². The van der Waals surface area contributed by atoms with Crippen LogP contribution in [-0.4, -0.2) is 48.5 Å². The van der Waals surface area contributed by atoms with Crippen LogP contribution >= 0.6 is 0 Å². The van der Waals surface area contributed by atoms with E-state index >= 15 is 0 Å². The number of hydrogen-bond donors (Lipinski definition) is 6. The highest BCUT2D eigenvalue weighted by molar-refractivity contribution is 7.87. The lowest BCUT2D eigenvalue weighted by molar-refractivity contribution is -0.145. The average Bonchev–Trinajstić information content (AvgIpc) is 2.72. The van der Waals surface area contributed by atoms with E-state index in [4.69, 9.17) is 26.4 Å². The van der Waals surface area contributed by atoms with Crippen molar-refractivity contribution in [2.75, 3.05) is 0 Å². The molecular formula is C20H23N5O8S. The summed E-state index contributed by atoms with van der Waals surface area (Å²) in [4.78, 5) is 38.0. The van der Waals surface area contributed by atoms with E-state index in [9.17, 15) is 22.8 Å². The number of aliphatic imine (C=N–C) groups is 1. The number of guanidine groups is 1. The van der Waals surface area contributed by atoms with Gasteiger partial charge in [0.1, 0.15) is 11.8 Å². The quantitative estimate of drug-likeness (QED) is 0.106. The summed E-state index contributed by atoms with van der Waals surface area (Å²) in [7, 11) is -4.31. The van der Waals surface area contributed by atoms with Crippen molar-refractivity contribution < 1.29 is 37.8 Å². The van der Waals surface area contributed by atoms with E-state index in [1.54, 1.807) is 23.8 Å². The van der Waals surface area contributed by atoms with Crippen molar-refractivity contribution in [2.45, 2.75) is 25.9 Å². The van der Waals surface area contributed by atoms with E-state index in [1.165, 1.54) is 30.3 Å². The molecule has 0 aliphatic carbocycles. The maximum absolute atomic E-state index is 12.4. The number of aryl methyl sites for hydroxylation is 1. The number of carbonyl (C=O) groups is 3. The number of carbonyl (C=O) groups excluding carboxylic acids is 1. The Balaban J connectivity index is 1.99. The third-order valence-corrected chi connectivity index (χ3v) is 5.38. The van der Waals surface area contributed by atoms with E-state index in [0.29, 0.717) is 22.4 Å². The number of aliphatic carboxylic acids is 2. The molecule has 182 valence electrons. The van der Waals surface area contributed by atoms with Gasteiger partial charge in [-0.05, 0) is 48.4 Å². The van der Waals surface area contributed by atoms with E-state index in [2.05, 4.69) is 9.71 Å². The molecule has 1 atom stereocenters. The third kappa shape index (κ3) is 8.16. The van der Waals surface area contributed by atoms with E-state index < -0.39 is 40.6 Å². The van der Waals surface area contributed by atoms with E-state index in [-0.39, 0.29) is 18.3 Å². The van der Waals surface area contributed by atoms with Crippen molar-refractivity contribution in [1.82, 2.24) is 9.44 Å². The first kappa shape index (κ1) is 26.2. The summed E-state index contributed by atoms with van der Waals surface area (Å²) in [6.45, 7) is 1.46. The number of carboxylic acids is 2. The summed E-state index contributed by atoms with van der Waals surface area (Å²) in [5.74, 6) is -3.63. The normalized spacial score (nSPS) is 11.9. The SMILES string of the molecule is Cc1cc(N=C(N)N)ccc1C(=O)Oc1ccc(CNS(=O)(=O)NC(CC(=O)O)C(=O)O)cc1. The molecule has 0 spiro atoms. The fourth-order valence-corrected chi connectivity index (χ4v) is 3.69. The number of nitrogens with zero attached hydrogens (tertiary/aromatic N) is 1. The molecule has 2 aromatic rings. The predicted octanol–water partition coefficient (Wildman–Crippen LogP) is -0.0290. The molecule has 0 aromatic heterocycles. The highest BCUT2D eigenvalue weighted by Crippen LogP contribution is 2.20. The minimum absolute atomic E-state index is 0.116. The summed E-state index contributed by atoms with van der Waals surface area (Å²) in [6, 6.07) is 8.74. The molecule has 14 heteroatoms. The number of rotatable bonds is 11. The van der Waals surface area contributed by atoms with Crippen LogP contribution in [0.2, 0.25) is 0 Å². The molecular weight excluding hydrogens is 470 g/mol. The van der Waals surface area contributed by atoms with Gasteiger partial charge in [-0.25, -0.2) is 9.79 Å². The number of benzene rings is 2. The van der Waals surface area contributed by atoms with Crippen LogP contribution in [0.3, 0.4) is 0 Å². The largest absolute Gasteiger partial charge is 0.481 e. The standard InChI is InChI=1S/C20H23N5O8S/c1-11-8-13(24-20(21)22)4-7-15(11)19(30)33-14-5-2-12(3-6-14)10-23-34(31,32)25-16(18(28)29)9-17(26)27/h2-8,16,23,25H,9-10H2,1H3,(H,26,27)(H,28,29)(H4,21,22,24). The van der Waals surface area contributed by atoms with Gasteiger partial charge in [0.05, 0.1) is 17.7 Å². The monoisotopic (exact) mass is 493 g/mol. The second-order valence-corrected chi connectivity index (χ2v) is 8.53. The Morgan fingerprint density at radius 1 is 1.09 bits per heavy atom. The molecule has 1 unspecified atom stereocenters. The van der Waals surface area contributed by atoms with Crippen molar-refractivity contribution in [1.29, 1.82) is 0 Å². The van der Waals surface area contributed by atoms with Gasteiger partial charge in [0.25, 0.3) is 10.2 Å². The number of carboxylic acid groups (broad SMARTS) is 2. The Bertz CT molecular complexity index is 1210. The summed E-state index contributed by atoms with van der Waals surface area (Å²) >= 11 is 0. The molecule has 2 aromatic carbocycles. The van der Waals surface area contributed by atoms with E-state index in [1.807, 2.05) is 0 Å². The molecule has 34 heavy (non-hydrogen) atoms. The van der Waals surface area contributed by atoms with Gasteiger partial charge in [-0.1, -0.05) is 12.1 Å². The van der Waals surface area contributed by atoms with Gasteiger partial charge in [-0.3, -0.25) is 9.59 Å². The Morgan fingerprint density at radius 3 is 2.26 bits per heavy atom. The first-order valence-corrected chi connectivity index (χ1v) is 11.1. The minimum Gasteiger partial charge on any atom is -0.481 e. The molecule has 0 saturated heterocycles. The van der Waals surface area contributed by atoms with Crippen LogP contribution in [0.15, 0.2) is 47.5 Å². The molecule has 0 aliphatic rings. The lowest BCUT2D eigenvalue weighted by atomic mass is 10.1. The molecule has 0 saturated carbocycles. The van der Waals surface area contributed by atoms with Crippen molar-refractivity contribution >= 4 is 39.8 Å². The molecule has 2 rings (SSSR count). The second kappa shape index (κ2) is 11.2. The third-order valence-electron chi connectivity index (χ3n) is 4.26. The molecule has 13 nitrogen and oxygen atoms in total. The van der Waals surface area contributed by atoms with Gasteiger partial charge >= 0.3 is 17.9 Å². The van der Waals surface area contributed by atoms with Crippen LogP contribution in [0.25, 0.3) is 0 Å². The number of nitrogens with one attached hydrogen (secondary N) is 2. The summed E-state index contributed by atoms with van der Waals surface area (Å²) in [5.41, 5.74) is 12.5. The van der Waals surface area contributed by atoms with Crippen molar-refractivity contribution in [3.8, 4) is 5.75 Å². The number of ether oxygens (including phenoxy) is 1. The fourth-order valence-electron chi connectivity index (χ4n) is 2.69. The van der Waals surface area contributed by atoms with Gasteiger partial charge in [-0.15, -0.1) is 0 Å². The average molecular weight is 493 g/mol. The topological polar surface area (TPSA) is 223 Å². The first-order valence-electron chi connectivity index (χ1n) is 9.59.